The fourth-order valence-electron chi connectivity index (χ4n) is 1.80. The van der Waals surface area contributed by atoms with Gasteiger partial charge in [0.1, 0.15) is 0 Å². The van der Waals surface area contributed by atoms with E-state index in [1.54, 1.807) is 0 Å². The Morgan fingerprint density at radius 1 is 1.35 bits per heavy atom. The molecule has 0 heterocycles. The zero-order valence-electron chi connectivity index (χ0n) is 11.0. The molecule has 3 heteroatoms. The van der Waals surface area contributed by atoms with E-state index in [1.165, 1.54) is 11.1 Å². The first-order valence-electron chi connectivity index (χ1n) is 5.94. The first-order valence-corrected chi connectivity index (χ1v) is 6.47. The van der Waals surface area contributed by atoms with Gasteiger partial charge in [-0.15, -0.1) is 11.6 Å². The number of aliphatic hydroxyl groups excluding tert-OH is 1. The molecule has 0 fully saturated rings. The van der Waals surface area contributed by atoms with Crippen LogP contribution in [0.5, 0.6) is 0 Å². The lowest BCUT2D eigenvalue weighted by molar-refractivity contribution is 0.211. The number of nitrogens with one attached hydrogen (secondary N) is 1. The van der Waals surface area contributed by atoms with Gasteiger partial charge in [-0.05, 0) is 23.5 Å². The summed E-state index contributed by atoms with van der Waals surface area (Å²) < 4.78 is 0. The highest BCUT2D eigenvalue weighted by Gasteiger charge is 2.19. The summed E-state index contributed by atoms with van der Waals surface area (Å²) in [6.45, 7) is 9.11. The Hall–Kier alpha value is -0.730. The van der Waals surface area contributed by atoms with Gasteiger partial charge in [0.25, 0.3) is 0 Å². The van der Waals surface area contributed by atoms with Crippen LogP contribution in [0.4, 0.5) is 5.69 Å². The molecule has 0 saturated carbocycles. The minimum Gasteiger partial charge on any atom is -0.390 e. The first-order chi connectivity index (χ1) is 7.86. The summed E-state index contributed by atoms with van der Waals surface area (Å²) in [7, 11) is 0. The van der Waals surface area contributed by atoms with E-state index in [2.05, 4.69) is 51.2 Å². The summed E-state index contributed by atoms with van der Waals surface area (Å²) in [5.74, 6) is 0.254. The van der Waals surface area contributed by atoms with Crippen LogP contribution in [0.3, 0.4) is 0 Å². The smallest absolute Gasteiger partial charge is 0.0847 e. The Balaban J connectivity index is 2.96. The van der Waals surface area contributed by atoms with Crippen LogP contribution in [0.15, 0.2) is 18.2 Å². The van der Waals surface area contributed by atoms with Gasteiger partial charge in [-0.2, -0.15) is 0 Å². The van der Waals surface area contributed by atoms with Gasteiger partial charge in [0.2, 0.25) is 0 Å². The number of aryl methyl sites for hydroxylation is 1. The van der Waals surface area contributed by atoms with Crippen LogP contribution in [-0.2, 0) is 5.41 Å². The lowest BCUT2D eigenvalue weighted by Crippen LogP contribution is -2.23. The number of benzene rings is 1. The average Bonchev–Trinajstić information content (AvgIpc) is 2.25. The normalized spacial score (nSPS) is 13.5. The first kappa shape index (κ1) is 14.3. The van der Waals surface area contributed by atoms with Crippen LogP contribution in [0, 0.1) is 6.92 Å². The zero-order chi connectivity index (χ0) is 13.1. The molecule has 0 saturated heterocycles. The molecule has 0 aromatic heterocycles. The van der Waals surface area contributed by atoms with Crippen LogP contribution < -0.4 is 5.32 Å². The van der Waals surface area contributed by atoms with Crippen molar-refractivity contribution in [2.75, 3.05) is 17.7 Å². The largest absolute Gasteiger partial charge is 0.390 e. The van der Waals surface area contributed by atoms with E-state index >= 15 is 0 Å². The Morgan fingerprint density at radius 2 is 2.00 bits per heavy atom. The van der Waals surface area contributed by atoms with Gasteiger partial charge in [0, 0.05) is 12.2 Å². The molecule has 2 N–H and O–H groups in total. The van der Waals surface area contributed by atoms with Gasteiger partial charge < -0.3 is 10.4 Å². The summed E-state index contributed by atoms with van der Waals surface area (Å²) in [4.78, 5) is 0. The fraction of sp³-hybridized carbons (Fsp3) is 0.571. The lowest BCUT2D eigenvalue weighted by atomic mass is 9.84. The maximum atomic E-state index is 9.51. The molecule has 2 nitrogen and oxygen atoms in total. The van der Waals surface area contributed by atoms with Crippen molar-refractivity contribution in [3.05, 3.63) is 29.3 Å². The van der Waals surface area contributed by atoms with E-state index in [4.69, 9.17) is 11.6 Å². The monoisotopic (exact) mass is 255 g/mol. The molecule has 0 amide bonds. The Kier molecular flexibility index (Phi) is 4.84. The zero-order valence-corrected chi connectivity index (χ0v) is 11.8. The van der Waals surface area contributed by atoms with Gasteiger partial charge in [-0.3, -0.25) is 0 Å². The van der Waals surface area contributed by atoms with Gasteiger partial charge in [-0.1, -0.05) is 39.0 Å². The van der Waals surface area contributed by atoms with E-state index in [1.807, 2.05) is 0 Å². The highest BCUT2D eigenvalue weighted by molar-refractivity contribution is 6.18. The van der Waals surface area contributed by atoms with Crippen LogP contribution in [-0.4, -0.2) is 23.6 Å². The van der Waals surface area contributed by atoms with Crippen LogP contribution in [0.25, 0.3) is 0 Å². The maximum Gasteiger partial charge on any atom is 0.0847 e. The van der Waals surface area contributed by atoms with Crippen molar-refractivity contribution in [3.8, 4) is 0 Å². The molecule has 1 atom stereocenters. The van der Waals surface area contributed by atoms with E-state index in [0.29, 0.717) is 6.54 Å². The summed E-state index contributed by atoms with van der Waals surface area (Å²) in [6, 6.07) is 6.27. The predicted octanol–water partition coefficient (Wildman–Crippen LogP) is 3.30. The van der Waals surface area contributed by atoms with Crippen molar-refractivity contribution in [1.82, 2.24) is 0 Å². The predicted molar refractivity (Wildman–Crippen MR) is 75.1 cm³/mol. The van der Waals surface area contributed by atoms with Crippen LogP contribution >= 0.6 is 11.6 Å². The van der Waals surface area contributed by atoms with Gasteiger partial charge >= 0.3 is 0 Å². The molecule has 0 aliphatic rings. The Labute approximate surface area is 109 Å². The molecule has 0 spiro atoms. The van der Waals surface area contributed by atoms with Gasteiger partial charge in [0.15, 0.2) is 0 Å². The van der Waals surface area contributed by atoms with E-state index in [-0.39, 0.29) is 11.3 Å². The molecule has 0 radical (unpaired) electrons. The number of hydrogen-bond donors (Lipinski definition) is 2. The summed E-state index contributed by atoms with van der Waals surface area (Å²) in [5, 5.41) is 12.8. The minimum absolute atomic E-state index is 0.0836. The molecule has 17 heavy (non-hydrogen) atoms. The standard InChI is InChI=1S/C14H22ClNO/c1-10-6-5-7-12(14(2,3)4)13(10)16-9-11(17)8-15/h5-7,11,16-17H,8-9H2,1-4H3. The van der Waals surface area contributed by atoms with Crippen molar-refractivity contribution in [1.29, 1.82) is 0 Å². The number of hydrogen-bond acceptors (Lipinski definition) is 2. The SMILES string of the molecule is Cc1cccc(C(C)(C)C)c1NCC(O)CCl. The highest BCUT2D eigenvalue weighted by atomic mass is 35.5. The average molecular weight is 256 g/mol. The number of alkyl halides is 1. The summed E-state index contributed by atoms with van der Waals surface area (Å²) in [5.41, 5.74) is 3.66. The Bertz CT molecular complexity index is 371. The van der Waals surface area contributed by atoms with Crippen LogP contribution in [0.2, 0.25) is 0 Å². The number of halogens is 1. The topological polar surface area (TPSA) is 32.3 Å². The molecule has 1 aromatic rings. The molecular weight excluding hydrogens is 234 g/mol. The lowest BCUT2D eigenvalue weighted by Gasteiger charge is -2.25. The summed E-state index contributed by atoms with van der Waals surface area (Å²) >= 11 is 5.60. The molecule has 1 aromatic carbocycles. The van der Waals surface area contributed by atoms with Gasteiger partial charge in [0.05, 0.1) is 12.0 Å². The van der Waals surface area contributed by atoms with Crippen molar-refractivity contribution >= 4 is 17.3 Å². The number of para-hydroxylation sites is 1. The number of aliphatic hydroxyl groups is 1. The quantitative estimate of drug-likeness (QED) is 0.809. The van der Waals surface area contributed by atoms with Crippen molar-refractivity contribution in [3.63, 3.8) is 0 Å². The Morgan fingerprint density at radius 3 is 2.53 bits per heavy atom. The fourth-order valence-corrected chi connectivity index (χ4v) is 1.91. The van der Waals surface area contributed by atoms with Crippen LogP contribution in [0.1, 0.15) is 31.9 Å². The third-order valence-electron chi connectivity index (χ3n) is 2.77. The molecule has 96 valence electrons. The van der Waals surface area contributed by atoms with E-state index < -0.39 is 6.10 Å². The number of rotatable bonds is 4. The molecule has 1 rings (SSSR count). The van der Waals surface area contributed by atoms with Crippen molar-refractivity contribution in [2.45, 2.75) is 39.2 Å². The van der Waals surface area contributed by atoms with Crippen molar-refractivity contribution in [2.24, 2.45) is 0 Å². The maximum absolute atomic E-state index is 9.51. The third kappa shape index (κ3) is 3.90. The number of anilines is 1. The van der Waals surface area contributed by atoms with E-state index in [0.717, 1.165) is 5.69 Å². The third-order valence-corrected chi connectivity index (χ3v) is 3.13. The molecule has 0 bridgehead atoms. The second kappa shape index (κ2) is 5.74. The van der Waals surface area contributed by atoms with E-state index in [9.17, 15) is 5.11 Å². The second-order valence-electron chi connectivity index (χ2n) is 5.44. The minimum atomic E-state index is -0.510. The molecule has 1 unspecified atom stereocenters. The molecule has 0 aliphatic heterocycles. The molecule has 0 aliphatic carbocycles. The van der Waals surface area contributed by atoms with Crippen molar-refractivity contribution < 1.29 is 5.11 Å². The summed E-state index contributed by atoms with van der Waals surface area (Å²) in [6.07, 6.45) is -0.510. The highest BCUT2D eigenvalue weighted by Crippen LogP contribution is 2.31. The van der Waals surface area contributed by atoms with Gasteiger partial charge in [-0.25, -0.2) is 0 Å². The molecular formula is C14H22ClNO. The second-order valence-corrected chi connectivity index (χ2v) is 5.75.